The molecule has 0 saturated carbocycles. The first-order chi connectivity index (χ1) is 8.51. The Bertz CT molecular complexity index is 435. The van der Waals surface area contributed by atoms with Gasteiger partial charge in [0.1, 0.15) is 11.5 Å². The van der Waals surface area contributed by atoms with Crippen molar-refractivity contribution in [3.05, 3.63) is 24.3 Å². The molecule has 18 heavy (non-hydrogen) atoms. The van der Waals surface area contributed by atoms with E-state index in [2.05, 4.69) is 5.32 Å². The zero-order valence-electron chi connectivity index (χ0n) is 10.5. The predicted molar refractivity (Wildman–Crippen MR) is 73.1 cm³/mol. The second-order valence-corrected chi connectivity index (χ2v) is 5.51. The van der Waals surface area contributed by atoms with Crippen LogP contribution in [0.5, 0.6) is 5.75 Å². The summed E-state index contributed by atoms with van der Waals surface area (Å²) in [4.78, 5) is 11.6. The third kappa shape index (κ3) is 5.29. The van der Waals surface area contributed by atoms with E-state index in [1.165, 1.54) is 0 Å². The minimum atomic E-state index is -1.23. The molecular weight excluding hydrogens is 252 g/mol. The van der Waals surface area contributed by atoms with Gasteiger partial charge in [-0.05, 0) is 19.1 Å². The molecule has 6 heteroatoms. The average molecular weight is 270 g/mol. The highest BCUT2D eigenvalue weighted by atomic mass is 32.2. The third-order valence-corrected chi connectivity index (χ3v) is 3.58. The van der Waals surface area contributed by atoms with E-state index in [9.17, 15) is 9.00 Å². The molecule has 0 aromatic heterocycles. The molecule has 3 N–H and O–H groups in total. The summed E-state index contributed by atoms with van der Waals surface area (Å²) >= 11 is 0. The van der Waals surface area contributed by atoms with Crippen molar-refractivity contribution in [3.8, 4) is 5.75 Å². The van der Waals surface area contributed by atoms with E-state index >= 15 is 0 Å². The van der Waals surface area contributed by atoms with E-state index in [1.54, 1.807) is 38.3 Å². The number of benzene rings is 1. The summed E-state index contributed by atoms with van der Waals surface area (Å²) in [5, 5.41) is 2.67. The minimum absolute atomic E-state index is 0.0429. The molecule has 0 aliphatic rings. The predicted octanol–water partition coefficient (Wildman–Crippen LogP) is 0.730. The van der Waals surface area contributed by atoms with Gasteiger partial charge in [0.15, 0.2) is 0 Å². The molecule has 2 unspecified atom stereocenters. The van der Waals surface area contributed by atoms with E-state index in [0.29, 0.717) is 17.2 Å². The largest absolute Gasteiger partial charge is 0.497 e. The number of amides is 1. The van der Waals surface area contributed by atoms with Gasteiger partial charge < -0.3 is 15.8 Å². The van der Waals surface area contributed by atoms with Crippen molar-refractivity contribution in [1.29, 1.82) is 0 Å². The number of methoxy groups -OCH3 is 1. The molecule has 0 saturated heterocycles. The van der Waals surface area contributed by atoms with Gasteiger partial charge in [0.25, 0.3) is 0 Å². The number of nitrogens with two attached hydrogens (primary N) is 1. The lowest BCUT2D eigenvalue weighted by Crippen LogP contribution is -2.28. The average Bonchev–Trinajstić information content (AvgIpc) is 2.27. The highest BCUT2D eigenvalue weighted by molar-refractivity contribution is 7.85. The SMILES string of the molecule is COc1cccc(NC(=O)CS(=O)CC(C)N)c1. The Hall–Kier alpha value is -1.40. The topological polar surface area (TPSA) is 81.4 Å². The maximum atomic E-state index is 11.6. The van der Waals surface area contributed by atoms with Crippen LogP contribution in [0.3, 0.4) is 0 Å². The van der Waals surface area contributed by atoms with Gasteiger partial charge in [-0.25, -0.2) is 0 Å². The summed E-state index contributed by atoms with van der Waals surface area (Å²) in [5.41, 5.74) is 6.14. The fourth-order valence-corrected chi connectivity index (χ4v) is 2.47. The Morgan fingerprint density at radius 2 is 2.28 bits per heavy atom. The summed E-state index contributed by atoms with van der Waals surface area (Å²) in [6, 6.07) is 6.83. The molecule has 0 aliphatic heterocycles. The van der Waals surface area contributed by atoms with Gasteiger partial charge in [-0.3, -0.25) is 9.00 Å². The number of carbonyl (C=O) groups is 1. The highest BCUT2D eigenvalue weighted by Gasteiger charge is 2.10. The summed E-state index contributed by atoms with van der Waals surface area (Å²) in [6.07, 6.45) is 0. The molecular formula is C12H18N2O3S. The lowest BCUT2D eigenvalue weighted by atomic mass is 10.3. The molecule has 0 heterocycles. The second kappa shape index (κ2) is 7.13. The van der Waals surface area contributed by atoms with Gasteiger partial charge >= 0.3 is 0 Å². The van der Waals surface area contributed by atoms with Gasteiger partial charge in [-0.2, -0.15) is 0 Å². The molecule has 1 aromatic rings. The Balaban J connectivity index is 2.51. The number of hydrogen-bond acceptors (Lipinski definition) is 4. The van der Waals surface area contributed by atoms with Crippen molar-refractivity contribution in [1.82, 2.24) is 0 Å². The lowest BCUT2D eigenvalue weighted by molar-refractivity contribution is -0.113. The maximum Gasteiger partial charge on any atom is 0.236 e. The number of carbonyl (C=O) groups excluding carboxylic acids is 1. The normalized spacial score (nSPS) is 13.7. The van der Waals surface area contributed by atoms with Crippen LogP contribution in [-0.2, 0) is 15.6 Å². The van der Waals surface area contributed by atoms with Crippen LogP contribution in [0, 0.1) is 0 Å². The van der Waals surface area contributed by atoms with Crippen molar-refractivity contribution < 1.29 is 13.7 Å². The molecule has 1 aromatic carbocycles. The summed E-state index contributed by atoms with van der Waals surface area (Å²) in [6.45, 7) is 1.76. The van der Waals surface area contributed by atoms with Gasteiger partial charge in [0.2, 0.25) is 5.91 Å². The fourth-order valence-electron chi connectivity index (χ4n) is 1.40. The van der Waals surface area contributed by atoms with Gasteiger partial charge in [0.05, 0.1) is 7.11 Å². The molecule has 5 nitrogen and oxygen atoms in total. The summed E-state index contributed by atoms with van der Waals surface area (Å²) in [5.74, 6) is 0.649. The Labute approximate surface area is 109 Å². The van der Waals surface area contributed by atoms with Crippen molar-refractivity contribution in [2.24, 2.45) is 5.73 Å². The molecule has 1 rings (SSSR count). The zero-order valence-corrected chi connectivity index (χ0v) is 11.3. The summed E-state index contributed by atoms with van der Waals surface area (Å²) in [7, 11) is 0.325. The van der Waals surface area contributed by atoms with E-state index in [0.717, 1.165) is 0 Å². The van der Waals surface area contributed by atoms with Crippen LogP contribution in [0.15, 0.2) is 24.3 Å². The number of anilines is 1. The molecule has 0 spiro atoms. The number of ether oxygens (including phenoxy) is 1. The van der Waals surface area contributed by atoms with Crippen LogP contribution in [0.2, 0.25) is 0 Å². The maximum absolute atomic E-state index is 11.6. The molecule has 0 radical (unpaired) electrons. The molecule has 0 fully saturated rings. The molecule has 2 atom stereocenters. The Morgan fingerprint density at radius 3 is 2.89 bits per heavy atom. The van der Waals surface area contributed by atoms with E-state index < -0.39 is 10.8 Å². The summed E-state index contributed by atoms with van der Waals surface area (Å²) < 4.78 is 16.6. The Kier molecular flexibility index (Phi) is 5.80. The van der Waals surface area contributed by atoms with Crippen LogP contribution in [0.1, 0.15) is 6.92 Å². The van der Waals surface area contributed by atoms with Gasteiger partial charge in [0, 0.05) is 34.3 Å². The molecule has 0 aliphatic carbocycles. The van der Waals surface area contributed by atoms with Gasteiger partial charge in [-0.15, -0.1) is 0 Å². The van der Waals surface area contributed by atoms with E-state index in [-0.39, 0.29) is 17.7 Å². The van der Waals surface area contributed by atoms with Crippen LogP contribution in [0.4, 0.5) is 5.69 Å². The number of nitrogens with one attached hydrogen (secondary N) is 1. The molecule has 0 bridgehead atoms. The van der Waals surface area contributed by atoms with Crippen LogP contribution in [0.25, 0.3) is 0 Å². The number of rotatable bonds is 6. The van der Waals surface area contributed by atoms with E-state index in [4.69, 9.17) is 10.5 Å². The first kappa shape index (κ1) is 14.7. The van der Waals surface area contributed by atoms with Crippen molar-refractivity contribution >= 4 is 22.4 Å². The van der Waals surface area contributed by atoms with Crippen molar-refractivity contribution in [3.63, 3.8) is 0 Å². The van der Waals surface area contributed by atoms with Crippen molar-refractivity contribution in [2.45, 2.75) is 13.0 Å². The zero-order chi connectivity index (χ0) is 13.5. The van der Waals surface area contributed by atoms with Gasteiger partial charge in [-0.1, -0.05) is 6.07 Å². The van der Waals surface area contributed by atoms with Crippen LogP contribution >= 0.6 is 0 Å². The number of hydrogen-bond donors (Lipinski definition) is 2. The first-order valence-corrected chi connectivity index (χ1v) is 7.04. The first-order valence-electron chi connectivity index (χ1n) is 5.55. The van der Waals surface area contributed by atoms with Crippen LogP contribution in [-0.4, -0.2) is 34.8 Å². The quantitative estimate of drug-likeness (QED) is 0.798. The standard InChI is InChI=1S/C12H18N2O3S/c1-9(13)7-18(16)8-12(15)14-10-4-3-5-11(6-10)17-2/h3-6,9H,7-8,13H2,1-2H3,(H,14,15). The third-order valence-electron chi connectivity index (χ3n) is 2.09. The Morgan fingerprint density at radius 1 is 1.56 bits per heavy atom. The monoisotopic (exact) mass is 270 g/mol. The second-order valence-electron chi connectivity index (χ2n) is 4.01. The van der Waals surface area contributed by atoms with E-state index in [1.807, 2.05) is 0 Å². The minimum Gasteiger partial charge on any atom is -0.497 e. The molecule has 100 valence electrons. The highest BCUT2D eigenvalue weighted by Crippen LogP contribution is 2.16. The smallest absolute Gasteiger partial charge is 0.236 e. The van der Waals surface area contributed by atoms with Crippen molar-refractivity contribution in [2.75, 3.05) is 23.9 Å². The lowest BCUT2D eigenvalue weighted by Gasteiger charge is -2.08. The van der Waals surface area contributed by atoms with Crippen LogP contribution < -0.4 is 15.8 Å². The fraction of sp³-hybridized carbons (Fsp3) is 0.417. The molecule has 1 amide bonds.